The lowest BCUT2D eigenvalue weighted by atomic mass is 9.96. The number of amidine groups is 1. The molecule has 2 fully saturated rings. The number of aliphatic imine (C=N–C) groups is 1. The summed E-state index contributed by atoms with van der Waals surface area (Å²) in [6.07, 6.45) is 7.27. The molecule has 1 saturated carbocycles. The van der Waals surface area contributed by atoms with Gasteiger partial charge in [-0.05, 0) is 48.4 Å². The van der Waals surface area contributed by atoms with E-state index in [1.165, 1.54) is 37.1 Å². The number of rotatable bonds is 2. The van der Waals surface area contributed by atoms with Crippen LogP contribution in [0.25, 0.3) is 6.08 Å². The zero-order valence-corrected chi connectivity index (χ0v) is 12.8. The molecule has 0 atom stereocenters. The molecule has 116 valence electrons. The Morgan fingerprint density at radius 2 is 1.95 bits per heavy atom. The van der Waals surface area contributed by atoms with Crippen LogP contribution in [0.15, 0.2) is 28.1 Å². The molecule has 0 aromatic heterocycles. The van der Waals surface area contributed by atoms with Crippen LogP contribution in [0.3, 0.4) is 0 Å². The van der Waals surface area contributed by atoms with E-state index in [1.807, 2.05) is 0 Å². The molecule has 0 radical (unpaired) electrons. The smallest absolute Gasteiger partial charge is 0.264 e. The minimum atomic E-state index is -0.922. The van der Waals surface area contributed by atoms with Gasteiger partial charge in [-0.2, -0.15) is 0 Å². The van der Waals surface area contributed by atoms with Crippen LogP contribution in [0.1, 0.15) is 37.7 Å². The molecule has 1 saturated heterocycles. The molecule has 3 rings (SSSR count). The number of carbonyl (C=O) groups is 1. The van der Waals surface area contributed by atoms with Crippen LogP contribution in [0.4, 0.5) is 8.78 Å². The van der Waals surface area contributed by atoms with E-state index in [0.717, 1.165) is 25.0 Å². The van der Waals surface area contributed by atoms with Gasteiger partial charge in [0.15, 0.2) is 16.8 Å². The molecule has 0 bridgehead atoms. The number of nitrogens with zero attached hydrogens (tertiary/aromatic N) is 1. The average molecular weight is 322 g/mol. The minimum Gasteiger partial charge on any atom is -0.301 e. The van der Waals surface area contributed by atoms with Gasteiger partial charge in [-0.15, -0.1) is 0 Å². The predicted octanol–water partition coefficient (Wildman–Crippen LogP) is 3.86. The number of carbonyl (C=O) groups excluding carboxylic acids is 1. The molecule has 3 nitrogen and oxygen atoms in total. The van der Waals surface area contributed by atoms with Crippen molar-refractivity contribution in [1.29, 1.82) is 0 Å². The number of nitrogens with one attached hydrogen (secondary N) is 1. The zero-order valence-electron chi connectivity index (χ0n) is 11.9. The predicted molar refractivity (Wildman–Crippen MR) is 84.4 cm³/mol. The first-order valence-electron chi connectivity index (χ1n) is 7.35. The van der Waals surface area contributed by atoms with E-state index in [9.17, 15) is 13.6 Å². The largest absolute Gasteiger partial charge is 0.301 e. The summed E-state index contributed by atoms with van der Waals surface area (Å²) in [6.45, 7) is 0. The van der Waals surface area contributed by atoms with Crippen LogP contribution < -0.4 is 5.32 Å². The monoisotopic (exact) mass is 322 g/mol. The fourth-order valence-electron chi connectivity index (χ4n) is 2.62. The second-order valence-corrected chi connectivity index (χ2v) is 6.50. The lowest BCUT2D eigenvalue weighted by molar-refractivity contribution is -0.115. The lowest BCUT2D eigenvalue weighted by Crippen LogP contribution is -2.22. The lowest BCUT2D eigenvalue weighted by Gasteiger charge is -2.17. The Hall–Kier alpha value is -1.69. The third-order valence-electron chi connectivity index (χ3n) is 3.77. The van der Waals surface area contributed by atoms with Crippen molar-refractivity contribution >= 4 is 28.9 Å². The topological polar surface area (TPSA) is 41.5 Å². The molecule has 1 amide bonds. The molecular weight excluding hydrogens is 306 g/mol. The summed E-state index contributed by atoms with van der Waals surface area (Å²) >= 11 is 1.25. The van der Waals surface area contributed by atoms with Crippen molar-refractivity contribution in [1.82, 2.24) is 5.32 Å². The highest BCUT2D eigenvalue weighted by atomic mass is 32.2. The highest BCUT2D eigenvalue weighted by Gasteiger charge is 2.25. The number of hydrogen-bond donors (Lipinski definition) is 1. The highest BCUT2D eigenvalue weighted by molar-refractivity contribution is 8.18. The summed E-state index contributed by atoms with van der Waals surface area (Å²) in [5, 5.41) is 3.34. The molecule has 1 N–H and O–H groups in total. The van der Waals surface area contributed by atoms with Gasteiger partial charge in [-0.1, -0.05) is 25.3 Å². The number of thioether (sulfide) groups is 1. The van der Waals surface area contributed by atoms with Gasteiger partial charge in [0.05, 0.1) is 10.9 Å². The van der Waals surface area contributed by atoms with E-state index in [1.54, 1.807) is 6.08 Å². The Bertz CT molecular complexity index is 652. The van der Waals surface area contributed by atoms with Gasteiger partial charge in [-0.3, -0.25) is 9.79 Å². The summed E-state index contributed by atoms with van der Waals surface area (Å²) in [6, 6.07) is 3.84. The highest BCUT2D eigenvalue weighted by Crippen LogP contribution is 2.28. The van der Waals surface area contributed by atoms with Crippen molar-refractivity contribution in [2.75, 3.05) is 0 Å². The number of halogens is 2. The number of amides is 1. The number of benzene rings is 1. The maximum Gasteiger partial charge on any atom is 0.264 e. The summed E-state index contributed by atoms with van der Waals surface area (Å²) in [7, 11) is 0. The number of hydrogen-bond acceptors (Lipinski definition) is 3. The fourth-order valence-corrected chi connectivity index (χ4v) is 3.51. The quantitative estimate of drug-likeness (QED) is 0.840. The molecule has 1 aliphatic carbocycles. The Kier molecular flexibility index (Phi) is 4.57. The molecule has 0 spiro atoms. The van der Waals surface area contributed by atoms with Gasteiger partial charge in [0, 0.05) is 0 Å². The van der Waals surface area contributed by atoms with E-state index in [2.05, 4.69) is 10.3 Å². The zero-order chi connectivity index (χ0) is 15.5. The van der Waals surface area contributed by atoms with Crippen LogP contribution >= 0.6 is 11.8 Å². The minimum absolute atomic E-state index is 0.246. The normalized spacial score (nSPS) is 23.3. The first-order valence-corrected chi connectivity index (χ1v) is 8.17. The molecule has 1 aromatic carbocycles. The molecule has 1 heterocycles. The standard InChI is InChI=1S/C16H16F2N2OS/c17-12-7-6-10(8-13(12)18)9-14-15(21)20-16(22-14)19-11-4-2-1-3-5-11/h6-9,11H,1-5H2,(H,19,20,21). The van der Waals surface area contributed by atoms with Gasteiger partial charge in [0.1, 0.15) is 0 Å². The molecule has 1 aromatic rings. The third-order valence-corrected chi connectivity index (χ3v) is 4.69. The second-order valence-electron chi connectivity index (χ2n) is 5.46. The van der Waals surface area contributed by atoms with Gasteiger partial charge < -0.3 is 5.32 Å². The first-order chi connectivity index (χ1) is 10.6. The van der Waals surface area contributed by atoms with Gasteiger partial charge in [0.2, 0.25) is 0 Å². The summed E-state index contributed by atoms with van der Waals surface area (Å²) in [4.78, 5) is 17.0. The maximum atomic E-state index is 13.2. The Morgan fingerprint density at radius 3 is 2.68 bits per heavy atom. The molecule has 22 heavy (non-hydrogen) atoms. The SMILES string of the molecule is O=C1NC(=NC2CCCCC2)SC1=Cc1ccc(F)c(F)c1. The van der Waals surface area contributed by atoms with E-state index in [0.29, 0.717) is 15.6 Å². The van der Waals surface area contributed by atoms with Gasteiger partial charge in [0.25, 0.3) is 5.91 Å². The summed E-state index contributed by atoms with van der Waals surface area (Å²) < 4.78 is 26.1. The van der Waals surface area contributed by atoms with Crippen LogP contribution in [0, 0.1) is 11.6 Å². The van der Waals surface area contributed by atoms with Crippen molar-refractivity contribution in [2.45, 2.75) is 38.1 Å². The van der Waals surface area contributed by atoms with Crippen LogP contribution in [-0.4, -0.2) is 17.1 Å². The van der Waals surface area contributed by atoms with Crippen molar-refractivity contribution in [2.24, 2.45) is 4.99 Å². The molecular formula is C16H16F2N2OS. The Labute approximate surface area is 131 Å². The third kappa shape index (κ3) is 3.55. The van der Waals surface area contributed by atoms with E-state index in [4.69, 9.17) is 0 Å². The molecule has 6 heteroatoms. The summed E-state index contributed by atoms with van der Waals surface area (Å²) in [5.41, 5.74) is 0.454. The maximum absolute atomic E-state index is 13.2. The van der Waals surface area contributed by atoms with Crippen LogP contribution in [0.2, 0.25) is 0 Å². The Morgan fingerprint density at radius 1 is 1.18 bits per heavy atom. The average Bonchev–Trinajstić information content (AvgIpc) is 2.84. The first kappa shape index (κ1) is 15.2. The van der Waals surface area contributed by atoms with E-state index < -0.39 is 11.6 Å². The van der Waals surface area contributed by atoms with Crippen molar-refractivity contribution in [3.05, 3.63) is 40.3 Å². The summed E-state index contributed by atoms with van der Waals surface area (Å²) in [5.74, 6) is -2.07. The fraction of sp³-hybridized carbons (Fsp3) is 0.375. The molecule has 0 unspecified atom stereocenters. The Balaban J connectivity index is 1.74. The van der Waals surface area contributed by atoms with Gasteiger partial charge >= 0.3 is 0 Å². The van der Waals surface area contributed by atoms with Crippen molar-refractivity contribution in [3.8, 4) is 0 Å². The second kappa shape index (κ2) is 6.60. The van der Waals surface area contributed by atoms with Crippen LogP contribution in [0.5, 0.6) is 0 Å². The van der Waals surface area contributed by atoms with Crippen LogP contribution in [-0.2, 0) is 4.79 Å². The van der Waals surface area contributed by atoms with Gasteiger partial charge in [-0.25, -0.2) is 8.78 Å². The molecule has 1 aliphatic heterocycles. The van der Waals surface area contributed by atoms with E-state index >= 15 is 0 Å². The molecule has 2 aliphatic rings. The van der Waals surface area contributed by atoms with E-state index in [-0.39, 0.29) is 11.9 Å². The van der Waals surface area contributed by atoms with Crippen molar-refractivity contribution in [3.63, 3.8) is 0 Å². The van der Waals surface area contributed by atoms with Crippen molar-refractivity contribution < 1.29 is 13.6 Å².